The van der Waals surface area contributed by atoms with E-state index in [4.69, 9.17) is 5.11 Å². The minimum atomic E-state index is -0.932. The van der Waals surface area contributed by atoms with E-state index in [2.05, 4.69) is 5.32 Å². The monoisotopic (exact) mass is 276 g/mol. The second-order valence-electron chi connectivity index (χ2n) is 5.14. The molecular weight excluding hydrogens is 256 g/mol. The van der Waals surface area contributed by atoms with Gasteiger partial charge in [0.25, 0.3) is 0 Å². The number of benzene rings is 1. The summed E-state index contributed by atoms with van der Waals surface area (Å²) in [6.45, 7) is 0.445. The van der Waals surface area contributed by atoms with Crippen LogP contribution in [0.4, 0.5) is 4.79 Å². The SMILES string of the molecule is CN(C(=O)NCCc1ccccc1C(=O)O)C1CCC1. The number of carbonyl (C=O) groups excluding carboxylic acids is 1. The van der Waals surface area contributed by atoms with Crippen LogP contribution in [0.2, 0.25) is 0 Å². The molecule has 0 atom stereocenters. The van der Waals surface area contributed by atoms with Crippen LogP contribution in [0, 0.1) is 0 Å². The quantitative estimate of drug-likeness (QED) is 0.865. The van der Waals surface area contributed by atoms with Crippen molar-refractivity contribution in [2.24, 2.45) is 0 Å². The Morgan fingerprint density at radius 2 is 2.05 bits per heavy atom. The highest BCUT2D eigenvalue weighted by Crippen LogP contribution is 2.23. The van der Waals surface area contributed by atoms with Gasteiger partial charge in [-0.25, -0.2) is 9.59 Å². The fraction of sp³-hybridized carbons (Fsp3) is 0.467. The molecule has 1 aliphatic rings. The van der Waals surface area contributed by atoms with Crippen LogP contribution < -0.4 is 5.32 Å². The van der Waals surface area contributed by atoms with Crippen molar-refractivity contribution in [3.63, 3.8) is 0 Å². The van der Waals surface area contributed by atoms with Gasteiger partial charge in [-0.2, -0.15) is 0 Å². The molecule has 1 aromatic carbocycles. The number of urea groups is 1. The Morgan fingerprint density at radius 1 is 1.35 bits per heavy atom. The van der Waals surface area contributed by atoms with Crippen LogP contribution in [0.3, 0.4) is 0 Å². The van der Waals surface area contributed by atoms with Gasteiger partial charge in [-0.1, -0.05) is 18.2 Å². The van der Waals surface area contributed by atoms with Crippen molar-refractivity contribution in [3.05, 3.63) is 35.4 Å². The first kappa shape index (κ1) is 14.4. The van der Waals surface area contributed by atoms with E-state index in [-0.39, 0.29) is 6.03 Å². The molecule has 20 heavy (non-hydrogen) atoms. The maximum atomic E-state index is 11.9. The van der Waals surface area contributed by atoms with Crippen LogP contribution in [0.25, 0.3) is 0 Å². The summed E-state index contributed by atoms with van der Waals surface area (Å²) >= 11 is 0. The first-order chi connectivity index (χ1) is 9.59. The molecule has 5 nitrogen and oxygen atoms in total. The third kappa shape index (κ3) is 3.29. The predicted octanol–water partition coefficient (Wildman–Crippen LogP) is 2.12. The van der Waals surface area contributed by atoms with E-state index in [1.165, 1.54) is 6.42 Å². The maximum Gasteiger partial charge on any atom is 0.335 e. The van der Waals surface area contributed by atoms with E-state index < -0.39 is 5.97 Å². The van der Waals surface area contributed by atoms with Gasteiger partial charge in [-0.3, -0.25) is 0 Å². The van der Waals surface area contributed by atoms with Crippen LogP contribution in [0.15, 0.2) is 24.3 Å². The number of carbonyl (C=O) groups is 2. The highest BCUT2D eigenvalue weighted by molar-refractivity contribution is 5.89. The van der Waals surface area contributed by atoms with E-state index >= 15 is 0 Å². The molecule has 0 radical (unpaired) electrons. The minimum absolute atomic E-state index is 0.0810. The Hall–Kier alpha value is -2.04. The van der Waals surface area contributed by atoms with E-state index in [0.29, 0.717) is 24.6 Å². The Morgan fingerprint density at radius 3 is 2.65 bits per heavy atom. The second kappa shape index (κ2) is 6.41. The highest BCUT2D eigenvalue weighted by atomic mass is 16.4. The summed E-state index contributed by atoms with van der Waals surface area (Å²) in [5.41, 5.74) is 1.04. The van der Waals surface area contributed by atoms with Crippen molar-refractivity contribution in [3.8, 4) is 0 Å². The average Bonchev–Trinajstić information content (AvgIpc) is 2.36. The van der Waals surface area contributed by atoms with Gasteiger partial charge < -0.3 is 15.3 Å². The first-order valence-electron chi connectivity index (χ1n) is 6.91. The third-order valence-corrected chi connectivity index (χ3v) is 3.86. The van der Waals surface area contributed by atoms with Gasteiger partial charge in [-0.15, -0.1) is 0 Å². The molecule has 0 bridgehead atoms. The van der Waals surface area contributed by atoms with Gasteiger partial charge >= 0.3 is 12.0 Å². The highest BCUT2D eigenvalue weighted by Gasteiger charge is 2.25. The molecule has 2 rings (SSSR count). The molecule has 1 aromatic rings. The fourth-order valence-electron chi connectivity index (χ4n) is 2.32. The molecule has 0 saturated heterocycles. The van der Waals surface area contributed by atoms with E-state index in [1.54, 1.807) is 23.1 Å². The van der Waals surface area contributed by atoms with Gasteiger partial charge in [0.15, 0.2) is 0 Å². The molecular formula is C15H20N2O3. The van der Waals surface area contributed by atoms with Crippen LogP contribution in [-0.2, 0) is 6.42 Å². The lowest BCUT2D eigenvalue weighted by atomic mass is 9.92. The molecule has 5 heteroatoms. The maximum absolute atomic E-state index is 11.9. The zero-order valence-corrected chi connectivity index (χ0v) is 11.6. The van der Waals surface area contributed by atoms with Crippen LogP contribution in [0.5, 0.6) is 0 Å². The number of nitrogens with zero attached hydrogens (tertiary/aromatic N) is 1. The van der Waals surface area contributed by atoms with Crippen LogP contribution in [0.1, 0.15) is 35.2 Å². The smallest absolute Gasteiger partial charge is 0.335 e. The van der Waals surface area contributed by atoms with Crippen molar-refractivity contribution < 1.29 is 14.7 Å². The zero-order valence-electron chi connectivity index (χ0n) is 11.6. The summed E-state index contributed by atoms with van der Waals surface area (Å²) in [6.07, 6.45) is 3.86. The van der Waals surface area contributed by atoms with Gasteiger partial charge in [0.1, 0.15) is 0 Å². The Kier molecular flexibility index (Phi) is 4.61. The predicted molar refractivity (Wildman–Crippen MR) is 75.9 cm³/mol. The van der Waals surface area contributed by atoms with Gasteiger partial charge in [0, 0.05) is 19.6 Å². The molecule has 2 amide bonds. The summed E-state index contributed by atoms with van der Waals surface area (Å²) < 4.78 is 0. The van der Waals surface area contributed by atoms with Crippen molar-refractivity contribution in [2.45, 2.75) is 31.7 Å². The first-order valence-corrected chi connectivity index (χ1v) is 6.91. The number of carboxylic acids is 1. The van der Waals surface area contributed by atoms with Crippen molar-refractivity contribution in [2.75, 3.05) is 13.6 Å². The minimum Gasteiger partial charge on any atom is -0.478 e. The van der Waals surface area contributed by atoms with Crippen LogP contribution in [-0.4, -0.2) is 41.6 Å². The number of nitrogens with one attached hydrogen (secondary N) is 1. The fourth-order valence-corrected chi connectivity index (χ4v) is 2.32. The molecule has 108 valence electrons. The van der Waals surface area contributed by atoms with Gasteiger partial charge in [0.05, 0.1) is 5.56 Å². The lowest BCUT2D eigenvalue weighted by Crippen LogP contribution is -2.46. The lowest BCUT2D eigenvalue weighted by molar-refractivity contribution is 0.0695. The third-order valence-electron chi connectivity index (χ3n) is 3.86. The van der Waals surface area contributed by atoms with E-state index in [1.807, 2.05) is 13.1 Å². The van der Waals surface area contributed by atoms with Gasteiger partial charge in [-0.05, 0) is 37.3 Å². The number of aromatic carboxylic acids is 1. The standard InChI is InChI=1S/C15H20N2O3/c1-17(12-6-4-7-12)15(20)16-10-9-11-5-2-3-8-13(11)14(18)19/h2-3,5,8,12H,4,6-7,9-10H2,1H3,(H,16,20)(H,18,19). The number of hydrogen-bond donors (Lipinski definition) is 2. The molecule has 0 unspecified atom stereocenters. The van der Waals surface area contributed by atoms with E-state index in [9.17, 15) is 9.59 Å². The van der Waals surface area contributed by atoms with Crippen molar-refractivity contribution in [1.82, 2.24) is 10.2 Å². The van der Waals surface area contributed by atoms with Crippen molar-refractivity contribution in [1.29, 1.82) is 0 Å². The molecule has 1 saturated carbocycles. The largest absolute Gasteiger partial charge is 0.478 e. The lowest BCUT2D eigenvalue weighted by Gasteiger charge is -2.34. The van der Waals surface area contributed by atoms with Gasteiger partial charge in [0.2, 0.25) is 0 Å². The molecule has 0 aromatic heterocycles. The summed E-state index contributed by atoms with van der Waals surface area (Å²) in [5.74, 6) is -0.932. The molecule has 0 aliphatic heterocycles. The molecule has 0 heterocycles. The molecule has 2 N–H and O–H groups in total. The Balaban J connectivity index is 1.83. The number of carboxylic acid groups (broad SMARTS) is 1. The Labute approximate surface area is 118 Å². The topological polar surface area (TPSA) is 69.6 Å². The summed E-state index contributed by atoms with van der Waals surface area (Å²) in [7, 11) is 1.81. The Bertz CT molecular complexity index is 498. The normalized spacial score (nSPS) is 14.4. The number of rotatable bonds is 5. The summed E-state index contributed by atoms with van der Waals surface area (Å²) in [5, 5.41) is 11.9. The van der Waals surface area contributed by atoms with Crippen LogP contribution >= 0.6 is 0 Å². The summed E-state index contributed by atoms with van der Waals surface area (Å²) in [6, 6.07) is 7.16. The number of hydrogen-bond acceptors (Lipinski definition) is 2. The average molecular weight is 276 g/mol. The molecule has 1 fully saturated rings. The van der Waals surface area contributed by atoms with Crippen molar-refractivity contribution >= 4 is 12.0 Å². The summed E-state index contributed by atoms with van der Waals surface area (Å²) in [4.78, 5) is 24.7. The second-order valence-corrected chi connectivity index (χ2v) is 5.14. The molecule has 0 spiro atoms. The number of amides is 2. The van der Waals surface area contributed by atoms with E-state index in [0.717, 1.165) is 18.4 Å². The molecule has 1 aliphatic carbocycles. The zero-order chi connectivity index (χ0) is 14.5.